The number of nitrogens with zero attached hydrogens (tertiary/aromatic N) is 3. The Morgan fingerprint density at radius 1 is 1.19 bits per heavy atom. The zero-order valence-corrected chi connectivity index (χ0v) is 15.3. The summed E-state index contributed by atoms with van der Waals surface area (Å²) in [5.41, 5.74) is 2.24. The number of aromatic nitrogens is 3. The van der Waals surface area contributed by atoms with Gasteiger partial charge < -0.3 is 14.0 Å². The minimum Gasteiger partial charge on any atom is -0.495 e. The van der Waals surface area contributed by atoms with E-state index in [1.807, 2.05) is 43.0 Å². The number of ether oxygens (including phenoxy) is 2. The highest BCUT2D eigenvalue weighted by molar-refractivity contribution is 6.32. The van der Waals surface area contributed by atoms with Gasteiger partial charge in [0.15, 0.2) is 0 Å². The topological polar surface area (TPSA) is 49.2 Å². The molecule has 26 heavy (non-hydrogen) atoms. The largest absolute Gasteiger partial charge is 0.495 e. The first-order valence-electron chi connectivity index (χ1n) is 8.59. The number of rotatable bonds is 5. The molecule has 1 saturated heterocycles. The highest BCUT2D eigenvalue weighted by Gasteiger charge is 2.31. The second-order valence-electron chi connectivity index (χ2n) is 6.43. The Morgan fingerprint density at radius 3 is 2.81 bits per heavy atom. The summed E-state index contributed by atoms with van der Waals surface area (Å²) in [6.45, 7) is 1.43. The molecule has 3 heterocycles. The van der Waals surface area contributed by atoms with Gasteiger partial charge in [-0.1, -0.05) is 11.6 Å². The van der Waals surface area contributed by atoms with E-state index in [-0.39, 0.29) is 6.04 Å². The van der Waals surface area contributed by atoms with Gasteiger partial charge in [0.1, 0.15) is 11.6 Å². The minimum absolute atomic E-state index is 0.238. The molecule has 4 rings (SSSR count). The van der Waals surface area contributed by atoms with Crippen molar-refractivity contribution in [1.29, 1.82) is 0 Å². The molecule has 0 bridgehead atoms. The maximum absolute atomic E-state index is 6.30. The van der Waals surface area contributed by atoms with Crippen LogP contribution < -0.4 is 4.74 Å². The van der Waals surface area contributed by atoms with Crippen molar-refractivity contribution in [1.82, 2.24) is 14.5 Å². The molecular formula is C20H20ClN3O2. The van der Waals surface area contributed by atoms with Crippen LogP contribution in [0.25, 0.3) is 11.4 Å². The molecule has 1 fully saturated rings. The van der Waals surface area contributed by atoms with Gasteiger partial charge in [-0.3, -0.25) is 4.98 Å². The van der Waals surface area contributed by atoms with Crippen molar-refractivity contribution in [3.8, 4) is 17.1 Å². The second-order valence-corrected chi connectivity index (χ2v) is 6.84. The molecule has 134 valence electrons. The van der Waals surface area contributed by atoms with Crippen molar-refractivity contribution in [3.05, 3.63) is 65.7 Å². The van der Waals surface area contributed by atoms with E-state index in [4.69, 9.17) is 21.1 Å². The van der Waals surface area contributed by atoms with E-state index in [1.165, 1.54) is 5.56 Å². The fraction of sp³-hybridized carbons (Fsp3) is 0.300. The van der Waals surface area contributed by atoms with Crippen LogP contribution in [0.2, 0.25) is 5.02 Å². The van der Waals surface area contributed by atoms with Crippen LogP contribution in [-0.2, 0) is 11.2 Å². The first-order chi connectivity index (χ1) is 12.8. The zero-order valence-electron chi connectivity index (χ0n) is 14.5. The molecule has 1 aromatic carbocycles. The zero-order chi connectivity index (χ0) is 17.9. The summed E-state index contributed by atoms with van der Waals surface area (Å²) in [5.74, 6) is 1.94. The molecule has 2 atom stereocenters. The molecule has 5 nitrogen and oxygen atoms in total. The van der Waals surface area contributed by atoms with Gasteiger partial charge in [0, 0.05) is 36.3 Å². The molecule has 6 heteroatoms. The molecule has 0 saturated carbocycles. The highest BCUT2D eigenvalue weighted by atomic mass is 35.5. The average Bonchev–Trinajstić information content (AvgIpc) is 3.31. The number of pyridine rings is 1. The third-order valence-electron chi connectivity index (χ3n) is 4.85. The average molecular weight is 370 g/mol. The lowest BCUT2D eigenvalue weighted by Crippen LogP contribution is -2.20. The van der Waals surface area contributed by atoms with Gasteiger partial charge in [0.2, 0.25) is 0 Å². The fourth-order valence-electron chi connectivity index (χ4n) is 3.52. The van der Waals surface area contributed by atoms with E-state index in [0.717, 1.165) is 24.4 Å². The van der Waals surface area contributed by atoms with Crippen molar-refractivity contribution >= 4 is 11.6 Å². The van der Waals surface area contributed by atoms with Crippen molar-refractivity contribution in [2.45, 2.75) is 12.5 Å². The van der Waals surface area contributed by atoms with Crippen LogP contribution in [-0.4, -0.2) is 34.9 Å². The Labute approximate surface area is 157 Å². The van der Waals surface area contributed by atoms with Crippen LogP contribution in [0.15, 0.2) is 55.1 Å². The lowest BCUT2D eigenvalue weighted by molar-refractivity contribution is 0.181. The van der Waals surface area contributed by atoms with E-state index in [1.54, 1.807) is 7.11 Å². The predicted molar refractivity (Wildman–Crippen MR) is 101 cm³/mol. The minimum atomic E-state index is 0.238. The Hall–Kier alpha value is -2.37. The maximum atomic E-state index is 6.30. The molecule has 0 aliphatic carbocycles. The third kappa shape index (κ3) is 3.32. The summed E-state index contributed by atoms with van der Waals surface area (Å²) in [7, 11) is 1.61. The molecule has 1 aliphatic heterocycles. The predicted octanol–water partition coefficient (Wildman–Crippen LogP) is 4.04. The lowest BCUT2D eigenvalue weighted by atomic mass is 9.95. The van der Waals surface area contributed by atoms with E-state index in [0.29, 0.717) is 23.3 Å². The molecule has 1 aliphatic rings. The summed E-state index contributed by atoms with van der Waals surface area (Å²) in [5, 5.41) is 0.579. The second kappa shape index (κ2) is 7.48. The molecule has 2 aromatic heterocycles. The van der Waals surface area contributed by atoms with Crippen LogP contribution in [0.1, 0.15) is 11.6 Å². The van der Waals surface area contributed by atoms with Gasteiger partial charge in [-0.25, -0.2) is 4.98 Å². The van der Waals surface area contributed by atoms with E-state index < -0.39 is 0 Å². The quantitative estimate of drug-likeness (QED) is 0.681. The monoisotopic (exact) mass is 369 g/mol. The molecule has 0 amide bonds. The SMILES string of the molecule is COc1ccc(-c2nccn2[C@@H]2COC[C@@H]2Cc2ccncc2)cc1Cl. The van der Waals surface area contributed by atoms with Crippen LogP contribution >= 0.6 is 11.6 Å². The van der Waals surface area contributed by atoms with Gasteiger partial charge in [-0.15, -0.1) is 0 Å². The number of methoxy groups -OCH3 is 1. The Bertz CT molecular complexity index is 882. The summed E-state index contributed by atoms with van der Waals surface area (Å²) >= 11 is 6.30. The number of hydrogen-bond donors (Lipinski definition) is 0. The molecular weight excluding hydrogens is 350 g/mol. The van der Waals surface area contributed by atoms with Crippen molar-refractivity contribution in [3.63, 3.8) is 0 Å². The molecule has 0 spiro atoms. The molecule has 0 unspecified atom stereocenters. The highest BCUT2D eigenvalue weighted by Crippen LogP contribution is 2.34. The Kier molecular flexibility index (Phi) is 4.91. The van der Waals surface area contributed by atoms with Gasteiger partial charge in [0.25, 0.3) is 0 Å². The van der Waals surface area contributed by atoms with E-state index in [2.05, 4.69) is 26.7 Å². The van der Waals surface area contributed by atoms with E-state index in [9.17, 15) is 0 Å². The van der Waals surface area contributed by atoms with Crippen LogP contribution in [0.5, 0.6) is 5.75 Å². The molecule has 3 aromatic rings. The standard InChI is InChI=1S/C20H20ClN3O2/c1-25-19-3-2-15(11-17(19)21)20-23-8-9-24(20)18-13-26-12-16(18)10-14-4-6-22-7-5-14/h2-9,11,16,18H,10,12-13H2,1H3/t16-,18+/m0/s1. The van der Waals surface area contributed by atoms with Gasteiger partial charge in [-0.05, 0) is 42.3 Å². The number of halogens is 1. The molecule has 0 N–H and O–H groups in total. The van der Waals surface area contributed by atoms with Gasteiger partial charge >= 0.3 is 0 Å². The van der Waals surface area contributed by atoms with Crippen molar-refractivity contribution < 1.29 is 9.47 Å². The maximum Gasteiger partial charge on any atom is 0.140 e. The van der Waals surface area contributed by atoms with Crippen molar-refractivity contribution in [2.75, 3.05) is 20.3 Å². The normalized spacial score (nSPS) is 19.6. The smallest absolute Gasteiger partial charge is 0.140 e. The van der Waals surface area contributed by atoms with Crippen LogP contribution in [0.3, 0.4) is 0 Å². The lowest BCUT2D eigenvalue weighted by Gasteiger charge is -2.21. The number of imidazole rings is 1. The summed E-state index contributed by atoms with van der Waals surface area (Å²) < 4.78 is 13.3. The Morgan fingerprint density at radius 2 is 2.04 bits per heavy atom. The Balaban J connectivity index is 1.62. The summed E-state index contributed by atoms with van der Waals surface area (Å²) in [6.07, 6.45) is 8.47. The summed E-state index contributed by atoms with van der Waals surface area (Å²) in [6, 6.07) is 10.1. The molecule has 0 radical (unpaired) electrons. The first kappa shape index (κ1) is 17.1. The van der Waals surface area contributed by atoms with E-state index >= 15 is 0 Å². The van der Waals surface area contributed by atoms with Crippen molar-refractivity contribution in [2.24, 2.45) is 5.92 Å². The van der Waals surface area contributed by atoms with Crippen LogP contribution in [0.4, 0.5) is 0 Å². The van der Waals surface area contributed by atoms with Gasteiger partial charge in [-0.2, -0.15) is 0 Å². The number of benzene rings is 1. The fourth-order valence-corrected chi connectivity index (χ4v) is 3.78. The first-order valence-corrected chi connectivity index (χ1v) is 8.97. The van der Waals surface area contributed by atoms with Gasteiger partial charge in [0.05, 0.1) is 31.4 Å². The van der Waals surface area contributed by atoms with Crippen LogP contribution in [0, 0.1) is 5.92 Å². The third-order valence-corrected chi connectivity index (χ3v) is 5.14. The number of hydrogen-bond acceptors (Lipinski definition) is 4. The summed E-state index contributed by atoms with van der Waals surface area (Å²) in [4.78, 5) is 8.66.